The van der Waals surface area contributed by atoms with E-state index >= 15 is 0 Å². The third-order valence-electron chi connectivity index (χ3n) is 4.99. The van der Waals surface area contributed by atoms with Crippen molar-refractivity contribution in [2.45, 2.75) is 31.0 Å². The van der Waals surface area contributed by atoms with Crippen LogP contribution in [0.15, 0.2) is 53.6 Å². The van der Waals surface area contributed by atoms with Crippen LogP contribution >= 0.6 is 23.2 Å². The Bertz CT molecular complexity index is 1530. The number of amides is 2. The van der Waals surface area contributed by atoms with Crippen LogP contribution in [0, 0.1) is 0 Å². The summed E-state index contributed by atoms with van der Waals surface area (Å²) in [6.45, 7) is 3.51. The third-order valence-corrected chi connectivity index (χ3v) is 6.89. The number of rotatable bonds is 8. The number of urea groups is 1. The molecule has 1 heterocycles. The molecule has 9 nitrogen and oxygen atoms in total. The average Bonchev–Trinajstić information content (AvgIpc) is 2.82. The number of anilines is 2. The number of sulfonamides is 1. The zero-order chi connectivity index (χ0) is 29.1. The smallest absolute Gasteiger partial charge is 0.417 e. The monoisotopic (exact) mass is 604 g/mol. The molecule has 3 rings (SSSR count). The highest BCUT2D eigenvalue weighted by molar-refractivity contribution is 7.92. The van der Waals surface area contributed by atoms with Gasteiger partial charge in [-0.1, -0.05) is 23.2 Å². The number of hydrogen-bond acceptors (Lipinski definition) is 6. The first-order valence-electron chi connectivity index (χ1n) is 11.0. The zero-order valence-corrected chi connectivity index (χ0v) is 22.8. The van der Waals surface area contributed by atoms with Crippen LogP contribution in [-0.4, -0.2) is 38.4 Å². The predicted molar refractivity (Wildman–Crippen MR) is 140 cm³/mol. The molecule has 0 radical (unpaired) electrons. The SMILES string of the molecule is COc1ccc(NC(=O)NC(C)C)cc1C(=O)c1ncc(Cl)cc1NS(=O)(=O)c1ccc(Cl)c(C(F)(F)F)c1. The second-order valence-electron chi connectivity index (χ2n) is 8.29. The second-order valence-corrected chi connectivity index (χ2v) is 10.8. The maximum atomic E-state index is 13.5. The fourth-order valence-corrected chi connectivity index (χ4v) is 4.78. The minimum atomic E-state index is -4.91. The molecule has 0 aliphatic carbocycles. The summed E-state index contributed by atoms with van der Waals surface area (Å²) >= 11 is 11.6. The van der Waals surface area contributed by atoms with E-state index < -0.39 is 54.9 Å². The number of hydrogen-bond donors (Lipinski definition) is 3. The van der Waals surface area contributed by atoms with Crippen molar-refractivity contribution >= 4 is 56.4 Å². The Morgan fingerprint density at radius 3 is 2.36 bits per heavy atom. The van der Waals surface area contributed by atoms with Gasteiger partial charge in [0.25, 0.3) is 10.0 Å². The molecule has 208 valence electrons. The minimum absolute atomic E-state index is 0.0657. The van der Waals surface area contributed by atoms with E-state index in [9.17, 15) is 31.2 Å². The molecule has 0 fully saturated rings. The van der Waals surface area contributed by atoms with Crippen molar-refractivity contribution in [2.75, 3.05) is 17.1 Å². The lowest BCUT2D eigenvalue weighted by molar-refractivity contribution is -0.137. The van der Waals surface area contributed by atoms with Gasteiger partial charge in [-0.05, 0) is 56.3 Å². The molecule has 0 saturated heterocycles. The summed E-state index contributed by atoms with van der Waals surface area (Å²) in [7, 11) is -3.38. The molecule has 0 aliphatic rings. The molecule has 0 bridgehead atoms. The molecule has 2 amide bonds. The lowest BCUT2D eigenvalue weighted by Crippen LogP contribution is -2.34. The van der Waals surface area contributed by atoms with Crippen LogP contribution < -0.4 is 20.1 Å². The molecular formula is C24H21Cl2F3N4O5S. The summed E-state index contributed by atoms with van der Waals surface area (Å²) in [5.41, 5.74) is -2.08. The van der Waals surface area contributed by atoms with Gasteiger partial charge in [0.2, 0.25) is 5.78 Å². The molecule has 39 heavy (non-hydrogen) atoms. The van der Waals surface area contributed by atoms with Crippen molar-refractivity contribution in [3.63, 3.8) is 0 Å². The lowest BCUT2D eigenvalue weighted by Gasteiger charge is -2.16. The first kappa shape index (κ1) is 30.0. The number of ketones is 1. The quantitative estimate of drug-likeness (QED) is 0.272. The highest BCUT2D eigenvalue weighted by atomic mass is 35.5. The predicted octanol–water partition coefficient (Wildman–Crippen LogP) is 5.98. The van der Waals surface area contributed by atoms with E-state index in [0.717, 1.165) is 24.4 Å². The van der Waals surface area contributed by atoms with E-state index in [4.69, 9.17) is 27.9 Å². The van der Waals surface area contributed by atoms with Gasteiger partial charge in [0, 0.05) is 17.9 Å². The van der Waals surface area contributed by atoms with Gasteiger partial charge in [-0.2, -0.15) is 13.2 Å². The number of alkyl halides is 3. The number of pyridine rings is 1. The Morgan fingerprint density at radius 2 is 1.74 bits per heavy atom. The highest BCUT2D eigenvalue weighted by Gasteiger charge is 2.35. The number of nitrogens with zero attached hydrogens (tertiary/aromatic N) is 1. The van der Waals surface area contributed by atoms with E-state index in [1.54, 1.807) is 13.8 Å². The number of carbonyl (C=O) groups excluding carboxylic acids is 2. The van der Waals surface area contributed by atoms with Gasteiger partial charge in [0.1, 0.15) is 11.4 Å². The first-order valence-corrected chi connectivity index (χ1v) is 13.2. The number of ether oxygens (including phenoxy) is 1. The van der Waals surface area contributed by atoms with Gasteiger partial charge >= 0.3 is 12.2 Å². The maximum absolute atomic E-state index is 13.5. The summed E-state index contributed by atoms with van der Waals surface area (Å²) < 4.78 is 73.2. The third kappa shape index (κ3) is 7.31. The van der Waals surface area contributed by atoms with Gasteiger partial charge in [0.05, 0.1) is 38.9 Å². The van der Waals surface area contributed by atoms with Crippen molar-refractivity contribution < 1.29 is 35.9 Å². The van der Waals surface area contributed by atoms with E-state index in [-0.39, 0.29) is 28.1 Å². The summed E-state index contributed by atoms with van der Waals surface area (Å²) in [6.07, 6.45) is -3.83. The molecule has 15 heteroatoms. The van der Waals surface area contributed by atoms with Crippen molar-refractivity contribution in [3.8, 4) is 5.75 Å². The average molecular weight is 605 g/mol. The molecule has 0 atom stereocenters. The Morgan fingerprint density at radius 1 is 1.05 bits per heavy atom. The van der Waals surface area contributed by atoms with E-state index in [1.165, 1.54) is 25.3 Å². The van der Waals surface area contributed by atoms with Crippen molar-refractivity contribution in [1.29, 1.82) is 0 Å². The van der Waals surface area contributed by atoms with E-state index in [0.29, 0.717) is 6.07 Å². The number of benzene rings is 2. The van der Waals surface area contributed by atoms with Crippen molar-refractivity contribution in [2.24, 2.45) is 0 Å². The normalized spacial score (nSPS) is 11.7. The molecule has 0 saturated carbocycles. The molecule has 0 spiro atoms. The second kappa shape index (κ2) is 11.7. The van der Waals surface area contributed by atoms with Crippen LogP contribution in [0.5, 0.6) is 5.75 Å². The van der Waals surface area contributed by atoms with Crippen LogP contribution in [0.25, 0.3) is 0 Å². The van der Waals surface area contributed by atoms with Gasteiger partial charge in [-0.25, -0.2) is 18.2 Å². The lowest BCUT2D eigenvalue weighted by atomic mass is 10.0. The summed E-state index contributed by atoms with van der Waals surface area (Å²) in [6, 6.07) is 6.59. The van der Waals surface area contributed by atoms with Gasteiger partial charge in [-0.3, -0.25) is 9.52 Å². The van der Waals surface area contributed by atoms with Gasteiger partial charge in [0.15, 0.2) is 0 Å². The Balaban J connectivity index is 2.03. The Labute approximate surface area is 231 Å². The molecular weight excluding hydrogens is 584 g/mol. The maximum Gasteiger partial charge on any atom is 0.417 e. The highest BCUT2D eigenvalue weighted by Crippen LogP contribution is 2.36. The molecule has 3 N–H and O–H groups in total. The summed E-state index contributed by atoms with van der Waals surface area (Å²) in [5, 5.41) is 4.43. The van der Waals surface area contributed by atoms with Crippen LogP contribution in [0.2, 0.25) is 10.0 Å². The summed E-state index contributed by atoms with van der Waals surface area (Å²) in [5.74, 6) is -0.755. The number of halogens is 5. The standard InChI is InChI=1S/C24H21Cl2F3N4O5S/c1-12(2)31-23(35)32-14-4-7-20(38-3)16(9-14)22(34)21-19(8-13(25)11-30-21)33-39(36,37)15-5-6-18(26)17(10-15)24(27,28)29/h4-12,33H,1-3H3,(H2,31,32,35). The fourth-order valence-electron chi connectivity index (χ4n) is 3.31. The van der Waals surface area contributed by atoms with Gasteiger partial charge in [-0.15, -0.1) is 0 Å². The number of aromatic nitrogens is 1. The molecule has 0 aliphatic heterocycles. The molecule has 3 aromatic rings. The first-order chi connectivity index (χ1) is 18.1. The Kier molecular flexibility index (Phi) is 8.98. The molecule has 1 aromatic heterocycles. The number of nitrogens with one attached hydrogen (secondary N) is 3. The van der Waals surface area contributed by atoms with Crippen molar-refractivity contribution in [1.82, 2.24) is 10.3 Å². The van der Waals surface area contributed by atoms with E-state index in [2.05, 4.69) is 20.3 Å². The van der Waals surface area contributed by atoms with Crippen molar-refractivity contribution in [3.05, 3.63) is 75.5 Å². The number of carbonyl (C=O) groups is 2. The zero-order valence-electron chi connectivity index (χ0n) is 20.5. The van der Waals surface area contributed by atoms with Gasteiger partial charge < -0.3 is 15.4 Å². The largest absolute Gasteiger partial charge is 0.496 e. The molecule has 0 unspecified atom stereocenters. The van der Waals surface area contributed by atoms with Crippen LogP contribution in [-0.2, 0) is 16.2 Å². The van der Waals surface area contributed by atoms with Crippen LogP contribution in [0.3, 0.4) is 0 Å². The van der Waals surface area contributed by atoms with E-state index in [1.807, 2.05) is 0 Å². The van der Waals surface area contributed by atoms with Crippen LogP contribution in [0.4, 0.5) is 29.3 Å². The minimum Gasteiger partial charge on any atom is -0.496 e. The number of methoxy groups -OCH3 is 1. The Hall–Kier alpha value is -3.55. The van der Waals surface area contributed by atoms with Crippen LogP contribution in [0.1, 0.15) is 35.5 Å². The fraction of sp³-hybridized carbons (Fsp3) is 0.208. The molecule has 2 aromatic carbocycles. The summed E-state index contributed by atoms with van der Waals surface area (Å²) in [4.78, 5) is 28.8. The topological polar surface area (TPSA) is 126 Å².